The molecule has 10 nitrogen and oxygen atoms in total. The topological polar surface area (TPSA) is 111 Å². The van der Waals surface area contributed by atoms with Crippen LogP contribution in [0.25, 0.3) is 10.9 Å². The highest BCUT2D eigenvalue weighted by atomic mass is 35.5. The van der Waals surface area contributed by atoms with E-state index < -0.39 is 0 Å². The van der Waals surface area contributed by atoms with E-state index in [9.17, 15) is 9.90 Å². The second-order valence-electron chi connectivity index (χ2n) is 11.5. The van der Waals surface area contributed by atoms with E-state index in [4.69, 9.17) is 35.8 Å². The molecule has 11 heteroatoms. The summed E-state index contributed by atoms with van der Waals surface area (Å²) in [6, 6.07) is 23.0. The third-order valence-electron chi connectivity index (χ3n) is 8.20. The van der Waals surface area contributed by atoms with Crippen molar-refractivity contribution in [3.8, 4) is 17.2 Å². The molecule has 0 saturated carbocycles. The van der Waals surface area contributed by atoms with E-state index in [1.807, 2.05) is 72.8 Å². The molecule has 0 aliphatic carbocycles. The van der Waals surface area contributed by atoms with Crippen molar-refractivity contribution in [2.75, 3.05) is 38.2 Å². The van der Waals surface area contributed by atoms with Crippen molar-refractivity contribution in [2.45, 2.75) is 51.3 Å². The van der Waals surface area contributed by atoms with Crippen molar-refractivity contribution in [3.63, 3.8) is 0 Å². The van der Waals surface area contributed by atoms with Gasteiger partial charge in [-0.15, -0.1) is 11.6 Å². The number of benzene rings is 3. The fourth-order valence-electron chi connectivity index (χ4n) is 5.58. The number of methoxy groups -OCH3 is 3. The first kappa shape index (κ1) is 34.5. The van der Waals surface area contributed by atoms with Crippen LogP contribution in [0.15, 0.2) is 83.8 Å². The molecule has 252 valence electrons. The van der Waals surface area contributed by atoms with Gasteiger partial charge in [0, 0.05) is 30.7 Å². The van der Waals surface area contributed by atoms with Crippen LogP contribution in [0.2, 0.25) is 0 Å². The molecule has 1 atom stereocenters. The van der Waals surface area contributed by atoms with Gasteiger partial charge in [0.05, 0.1) is 46.0 Å². The Hall–Kier alpha value is -4.80. The molecule has 0 fully saturated rings. The first-order chi connectivity index (χ1) is 23.4. The maximum Gasteiger partial charge on any atom is 0.264 e. The van der Waals surface area contributed by atoms with Gasteiger partial charge in [0.1, 0.15) is 28.5 Å². The molecule has 0 bridgehead atoms. The molecule has 5 rings (SSSR count). The first-order valence-electron chi connectivity index (χ1n) is 15.9. The lowest BCUT2D eigenvalue weighted by molar-refractivity contribution is 0.268. The number of halogens is 1. The van der Waals surface area contributed by atoms with E-state index in [0.717, 1.165) is 40.2 Å². The van der Waals surface area contributed by atoms with Crippen LogP contribution in [0.5, 0.6) is 17.2 Å². The molecule has 0 unspecified atom stereocenters. The van der Waals surface area contributed by atoms with Crippen LogP contribution >= 0.6 is 11.6 Å². The molecule has 5 aromatic rings. The Morgan fingerprint density at radius 3 is 2.04 bits per heavy atom. The largest absolute Gasteiger partial charge is 0.497 e. The zero-order valence-electron chi connectivity index (χ0n) is 27.8. The number of pyridine rings is 1. The SMILES string of the molecule is CCC[C@H](CO)Nc1nc(N(Cc2ccc(OC)cc2)Cc2ccc(OC)cc2)nc2ccn(Cc3ccc(CCl)cc3OC)c(=O)c12. The van der Waals surface area contributed by atoms with Crippen LogP contribution in [-0.4, -0.2) is 53.6 Å². The first-order valence-corrected chi connectivity index (χ1v) is 16.4. The average molecular weight is 672 g/mol. The number of ether oxygens (including phenoxy) is 3. The van der Waals surface area contributed by atoms with Crippen LogP contribution < -0.4 is 30.0 Å². The third-order valence-corrected chi connectivity index (χ3v) is 8.51. The summed E-state index contributed by atoms with van der Waals surface area (Å²) in [7, 11) is 4.88. The van der Waals surface area contributed by atoms with Gasteiger partial charge in [-0.05, 0) is 59.5 Å². The highest BCUT2D eigenvalue weighted by Crippen LogP contribution is 2.27. The molecule has 0 spiro atoms. The number of alkyl halides is 1. The molecule has 0 aliphatic rings. The molecular weight excluding hydrogens is 630 g/mol. The average Bonchev–Trinajstić information content (AvgIpc) is 3.12. The standard InChI is InChI=1S/C37H42ClN5O5/c1-5-6-29(24-44)39-35-34-32(17-18-42(36(34)45)23-28-12-7-27(20-38)19-33(28)48-4)40-37(41-35)43(21-25-8-13-30(46-2)14-9-25)22-26-10-15-31(47-3)16-11-26/h7-19,29,44H,5-6,20-24H2,1-4H3,(H,39,40,41)/t29-/m1/s1. The lowest BCUT2D eigenvalue weighted by Gasteiger charge is -2.25. The number of hydrogen-bond donors (Lipinski definition) is 2. The molecule has 0 radical (unpaired) electrons. The molecule has 3 aromatic carbocycles. The van der Waals surface area contributed by atoms with Crippen LogP contribution in [0, 0.1) is 0 Å². The van der Waals surface area contributed by atoms with Crippen molar-refractivity contribution in [1.82, 2.24) is 14.5 Å². The maximum absolute atomic E-state index is 14.2. The molecule has 0 aliphatic heterocycles. The molecular formula is C37H42ClN5O5. The van der Waals surface area contributed by atoms with E-state index >= 15 is 0 Å². The predicted molar refractivity (Wildman–Crippen MR) is 191 cm³/mol. The van der Waals surface area contributed by atoms with Gasteiger partial charge < -0.3 is 34.1 Å². The fraction of sp³-hybridized carbons (Fsp3) is 0.324. The van der Waals surface area contributed by atoms with E-state index in [1.54, 1.807) is 32.1 Å². The smallest absolute Gasteiger partial charge is 0.264 e. The lowest BCUT2D eigenvalue weighted by Crippen LogP contribution is -2.29. The monoisotopic (exact) mass is 671 g/mol. The molecule has 2 aromatic heterocycles. The lowest BCUT2D eigenvalue weighted by atomic mass is 10.1. The minimum atomic E-state index is -0.297. The van der Waals surface area contributed by atoms with Gasteiger partial charge in [-0.2, -0.15) is 4.98 Å². The highest BCUT2D eigenvalue weighted by molar-refractivity contribution is 6.17. The van der Waals surface area contributed by atoms with Crippen molar-refractivity contribution in [2.24, 2.45) is 0 Å². The van der Waals surface area contributed by atoms with Crippen LogP contribution in [0.3, 0.4) is 0 Å². The Kier molecular flexibility index (Phi) is 11.8. The van der Waals surface area contributed by atoms with Crippen LogP contribution in [0.4, 0.5) is 11.8 Å². The number of nitrogens with zero attached hydrogens (tertiary/aromatic N) is 4. The van der Waals surface area contributed by atoms with E-state index in [1.165, 1.54) is 0 Å². The summed E-state index contributed by atoms with van der Waals surface area (Å²) >= 11 is 6.04. The summed E-state index contributed by atoms with van der Waals surface area (Å²) in [5.41, 5.74) is 4.07. The van der Waals surface area contributed by atoms with E-state index in [2.05, 4.69) is 17.1 Å². The Morgan fingerprint density at radius 1 is 0.875 bits per heavy atom. The Morgan fingerprint density at radius 2 is 1.50 bits per heavy atom. The van der Waals surface area contributed by atoms with Crippen molar-refractivity contribution in [1.29, 1.82) is 0 Å². The summed E-state index contributed by atoms with van der Waals surface area (Å²) in [5, 5.41) is 13.9. The molecule has 2 heterocycles. The minimum absolute atomic E-state index is 0.110. The third kappa shape index (κ3) is 8.18. The zero-order valence-corrected chi connectivity index (χ0v) is 28.5. The minimum Gasteiger partial charge on any atom is -0.497 e. The quantitative estimate of drug-likeness (QED) is 0.115. The van der Waals surface area contributed by atoms with Crippen molar-refractivity contribution < 1.29 is 19.3 Å². The van der Waals surface area contributed by atoms with Crippen LogP contribution in [0.1, 0.15) is 42.0 Å². The van der Waals surface area contributed by atoms with E-state index in [0.29, 0.717) is 53.8 Å². The molecule has 48 heavy (non-hydrogen) atoms. The number of rotatable bonds is 16. The molecule has 0 saturated heterocycles. The van der Waals surface area contributed by atoms with Crippen molar-refractivity contribution >= 4 is 34.3 Å². The fourth-order valence-corrected chi connectivity index (χ4v) is 5.74. The number of anilines is 2. The number of hydrogen-bond acceptors (Lipinski definition) is 9. The Bertz CT molecular complexity index is 1810. The molecule has 0 amide bonds. The molecule has 2 N–H and O–H groups in total. The normalized spacial score (nSPS) is 11.7. The van der Waals surface area contributed by atoms with Gasteiger partial charge >= 0.3 is 0 Å². The zero-order chi connectivity index (χ0) is 34.0. The van der Waals surface area contributed by atoms with Gasteiger partial charge in [0.15, 0.2) is 0 Å². The maximum atomic E-state index is 14.2. The van der Waals surface area contributed by atoms with Crippen LogP contribution in [-0.2, 0) is 25.5 Å². The predicted octanol–water partition coefficient (Wildman–Crippen LogP) is 6.38. The summed E-state index contributed by atoms with van der Waals surface area (Å²) in [6.07, 6.45) is 3.29. The van der Waals surface area contributed by atoms with Gasteiger partial charge in [-0.3, -0.25) is 4.79 Å². The van der Waals surface area contributed by atoms with Gasteiger partial charge in [0.25, 0.3) is 5.56 Å². The summed E-state index contributed by atoms with van der Waals surface area (Å²) < 4.78 is 18.0. The second kappa shape index (κ2) is 16.3. The summed E-state index contributed by atoms with van der Waals surface area (Å²) in [6.45, 7) is 3.21. The number of fused-ring (bicyclic) bond motifs is 1. The Labute approximate surface area is 285 Å². The van der Waals surface area contributed by atoms with Gasteiger partial charge in [0.2, 0.25) is 5.95 Å². The highest BCUT2D eigenvalue weighted by Gasteiger charge is 2.21. The van der Waals surface area contributed by atoms with Gasteiger partial charge in [-0.25, -0.2) is 4.98 Å². The summed E-state index contributed by atoms with van der Waals surface area (Å²) in [5.74, 6) is 3.37. The number of nitrogens with one attached hydrogen (secondary N) is 1. The second-order valence-corrected chi connectivity index (χ2v) is 11.8. The summed E-state index contributed by atoms with van der Waals surface area (Å²) in [4.78, 5) is 26.2. The Balaban J connectivity index is 1.61. The number of aromatic nitrogens is 3. The van der Waals surface area contributed by atoms with Gasteiger partial charge in [-0.1, -0.05) is 49.7 Å². The van der Waals surface area contributed by atoms with E-state index in [-0.39, 0.29) is 24.8 Å². The number of aliphatic hydroxyl groups excluding tert-OH is 1. The van der Waals surface area contributed by atoms with Crippen molar-refractivity contribution in [3.05, 3.63) is 112 Å². The number of aliphatic hydroxyl groups is 1.